The third-order valence-corrected chi connectivity index (χ3v) is 9.96. The van der Waals surface area contributed by atoms with E-state index in [2.05, 4.69) is 127 Å². The Morgan fingerprint density at radius 2 is 0.736 bits per heavy atom. The Morgan fingerprint density at radius 1 is 0.302 bits per heavy atom. The van der Waals surface area contributed by atoms with Gasteiger partial charge in [-0.2, -0.15) is 0 Å². The monoisotopic (exact) mass is 677 g/mol. The lowest BCUT2D eigenvalue weighted by Gasteiger charge is -2.10. The maximum atomic E-state index is 6.61. The lowest BCUT2D eigenvalue weighted by Crippen LogP contribution is -2.00. The summed E-state index contributed by atoms with van der Waals surface area (Å²) in [6.45, 7) is 0. The Morgan fingerprint density at radius 3 is 1.30 bits per heavy atom. The van der Waals surface area contributed by atoms with E-state index in [1.807, 2.05) is 60.7 Å². The number of rotatable bonds is 6. The van der Waals surface area contributed by atoms with Gasteiger partial charge in [-0.1, -0.05) is 176 Å². The molecule has 8 aromatic carbocycles. The number of furan rings is 1. The van der Waals surface area contributed by atoms with E-state index in [1.165, 1.54) is 16.5 Å². The van der Waals surface area contributed by atoms with Crippen molar-refractivity contribution in [3.8, 4) is 67.5 Å². The van der Waals surface area contributed by atoms with Crippen LogP contribution in [0.1, 0.15) is 0 Å². The van der Waals surface area contributed by atoms with Crippen LogP contribution in [0.15, 0.2) is 192 Å². The standard InChI is InChI=1S/C49H31N3O/c1-4-13-34(14-5-1)42-31-43-45-39(21-12-22-44(45)53-46(43)41-20-11-10-19-40(41)42)35-27-23-32(24-28-35)33-25-29-38(30-26-33)49-51-47(36-15-6-2-7-16-36)50-48(52-49)37-17-8-3-9-18-37/h1-31H. The molecule has 0 unspecified atom stereocenters. The smallest absolute Gasteiger partial charge is 0.164 e. The molecule has 0 radical (unpaired) electrons. The summed E-state index contributed by atoms with van der Waals surface area (Å²) in [7, 11) is 0. The maximum Gasteiger partial charge on any atom is 0.164 e. The minimum Gasteiger partial charge on any atom is -0.455 e. The van der Waals surface area contributed by atoms with E-state index in [0.29, 0.717) is 17.5 Å². The number of nitrogens with zero attached hydrogens (tertiary/aromatic N) is 3. The van der Waals surface area contributed by atoms with Crippen LogP contribution >= 0.6 is 0 Å². The zero-order valence-corrected chi connectivity index (χ0v) is 28.6. The molecule has 4 heteroatoms. The summed E-state index contributed by atoms with van der Waals surface area (Å²) in [4.78, 5) is 14.6. The van der Waals surface area contributed by atoms with E-state index in [9.17, 15) is 0 Å². The Balaban J connectivity index is 1.02. The van der Waals surface area contributed by atoms with E-state index >= 15 is 0 Å². The van der Waals surface area contributed by atoms with Crippen LogP contribution in [-0.4, -0.2) is 15.0 Å². The summed E-state index contributed by atoms with van der Waals surface area (Å²) in [6, 6.07) is 65.2. The first-order chi connectivity index (χ1) is 26.3. The minimum atomic E-state index is 0.642. The number of fused-ring (bicyclic) bond motifs is 5. The van der Waals surface area contributed by atoms with E-state index < -0.39 is 0 Å². The molecular formula is C49H31N3O. The molecule has 2 heterocycles. The summed E-state index contributed by atoms with van der Waals surface area (Å²) in [6.07, 6.45) is 0. The quantitative estimate of drug-likeness (QED) is 0.176. The van der Waals surface area contributed by atoms with Crippen LogP contribution < -0.4 is 0 Å². The second-order valence-electron chi connectivity index (χ2n) is 13.2. The van der Waals surface area contributed by atoms with Gasteiger partial charge in [-0.15, -0.1) is 0 Å². The van der Waals surface area contributed by atoms with Gasteiger partial charge in [0.05, 0.1) is 0 Å². The average Bonchev–Trinajstić information content (AvgIpc) is 3.64. The molecule has 0 bridgehead atoms. The highest BCUT2D eigenvalue weighted by molar-refractivity contribution is 6.22. The Kier molecular flexibility index (Phi) is 7.43. The highest BCUT2D eigenvalue weighted by Crippen LogP contribution is 2.43. The molecule has 0 amide bonds. The van der Waals surface area contributed by atoms with Gasteiger partial charge < -0.3 is 4.42 Å². The molecule has 0 aliphatic heterocycles. The zero-order valence-electron chi connectivity index (χ0n) is 28.6. The summed E-state index contributed by atoms with van der Waals surface area (Å²) < 4.78 is 6.61. The summed E-state index contributed by atoms with van der Waals surface area (Å²) in [5.41, 5.74) is 11.6. The first kappa shape index (κ1) is 30.6. The molecule has 4 nitrogen and oxygen atoms in total. The molecule has 0 aliphatic carbocycles. The highest BCUT2D eigenvalue weighted by Gasteiger charge is 2.18. The zero-order chi connectivity index (χ0) is 35.1. The molecule has 0 aliphatic rings. The molecule has 10 rings (SSSR count). The number of hydrogen-bond donors (Lipinski definition) is 0. The van der Waals surface area contributed by atoms with Gasteiger partial charge >= 0.3 is 0 Å². The minimum absolute atomic E-state index is 0.642. The van der Waals surface area contributed by atoms with E-state index in [4.69, 9.17) is 19.4 Å². The van der Waals surface area contributed by atoms with Crippen molar-refractivity contribution in [2.45, 2.75) is 0 Å². The van der Waals surface area contributed by atoms with Gasteiger partial charge in [0.25, 0.3) is 0 Å². The lowest BCUT2D eigenvalue weighted by atomic mass is 9.93. The molecule has 0 spiro atoms. The van der Waals surface area contributed by atoms with Gasteiger partial charge in [-0.25, -0.2) is 15.0 Å². The molecular weight excluding hydrogens is 647 g/mol. The second-order valence-corrected chi connectivity index (χ2v) is 13.2. The van der Waals surface area contributed by atoms with Crippen LogP contribution in [0.4, 0.5) is 0 Å². The molecule has 0 fully saturated rings. The summed E-state index contributed by atoms with van der Waals surface area (Å²) in [5.74, 6) is 1.95. The SMILES string of the molecule is c1ccc(-c2nc(-c3ccccc3)nc(-c3ccc(-c4ccc(-c5cccc6oc7c8ccccc8c(-c8ccccc8)cc7c56)cc4)cc3)n2)cc1. The molecule has 0 saturated heterocycles. The Bertz CT molecular complexity index is 2840. The van der Waals surface area contributed by atoms with Crippen LogP contribution in [0.25, 0.3) is 100 Å². The van der Waals surface area contributed by atoms with Crippen molar-refractivity contribution in [1.29, 1.82) is 0 Å². The van der Waals surface area contributed by atoms with Crippen LogP contribution in [0, 0.1) is 0 Å². The van der Waals surface area contributed by atoms with Gasteiger partial charge in [-0.05, 0) is 50.9 Å². The largest absolute Gasteiger partial charge is 0.455 e. The fourth-order valence-electron chi connectivity index (χ4n) is 7.34. The van der Waals surface area contributed by atoms with Crippen LogP contribution in [0.2, 0.25) is 0 Å². The summed E-state index contributed by atoms with van der Waals surface area (Å²) >= 11 is 0. The van der Waals surface area contributed by atoms with Crippen LogP contribution in [-0.2, 0) is 0 Å². The van der Waals surface area contributed by atoms with Crippen molar-refractivity contribution < 1.29 is 4.42 Å². The lowest BCUT2D eigenvalue weighted by molar-refractivity contribution is 0.673. The predicted octanol–water partition coefficient (Wildman–Crippen LogP) is 12.9. The van der Waals surface area contributed by atoms with Crippen molar-refractivity contribution in [1.82, 2.24) is 15.0 Å². The second kappa shape index (κ2) is 12.9. The van der Waals surface area contributed by atoms with Crippen molar-refractivity contribution in [2.75, 3.05) is 0 Å². The molecule has 248 valence electrons. The average molecular weight is 678 g/mol. The normalized spacial score (nSPS) is 11.4. The van der Waals surface area contributed by atoms with E-state index in [1.54, 1.807) is 0 Å². The molecule has 0 N–H and O–H groups in total. The first-order valence-electron chi connectivity index (χ1n) is 17.8. The number of benzene rings is 8. The maximum absolute atomic E-state index is 6.61. The van der Waals surface area contributed by atoms with Crippen molar-refractivity contribution >= 4 is 32.7 Å². The van der Waals surface area contributed by atoms with Gasteiger partial charge in [-0.3, -0.25) is 0 Å². The number of aromatic nitrogens is 3. The van der Waals surface area contributed by atoms with Gasteiger partial charge in [0.1, 0.15) is 11.2 Å². The van der Waals surface area contributed by atoms with Crippen molar-refractivity contribution in [3.05, 3.63) is 188 Å². The number of hydrogen-bond acceptors (Lipinski definition) is 4. The third-order valence-electron chi connectivity index (χ3n) is 9.96. The Labute approximate surface area is 306 Å². The van der Waals surface area contributed by atoms with E-state index in [-0.39, 0.29) is 0 Å². The fraction of sp³-hybridized carbons (Fsp3) is 0. The van der Waals surface area contributed by atoms with Crippen LogP contribution in [0.5, 0.6) is 0 Å². The molecule has 0 atom stereocenters. The van der Waals surface area contributed by atoms with E-state index in [0.717, 1.165) is 66.3 Å². The summed E-state index contributed by atoms with van der Waals surface area (Å²) in [5, 5.41) is 4.56. The predicted molar refractivity (Wildman–Crippen MR) is 217 cm³/mol. The van der Waals surface area contributed by atoms with Crippen molar-refractivity contribution in [3.63, 3.8) is 0 Å². The van der Waals surface area contributed by atoms with Gasteiger partial charge in [0, 0.05) is 32.8 Å². The van der Waals surface area contributed by atoms with Gasteiger partial charge in [0.15, 0.2) is 17.5 Å². The molecule has 0 saturated carbocycles. The molecule has 2 aromatic heterocycles. The highest BCUT2D eigenvalue weighted by atomic mass is 16.3. The van der Waals surface area contributed by atoms with Gasteiger partial charge in [0.2, 0.25) is 0 Å². The topological polar surface area (TPSA) is 51.8 Å². The van der Waals surface area contributed by atoms with Crippen molar-refractivity contribution in [2.24, 2.45) is 0 Å². The fourth-order valence-corrected chi connectivity index (χ4v) is 7.34. The molecule has 10 aromatic rings. The van der Waals surface area contributed by atoms with Crippen LogP contribution in [0.3, 0.4) is 0 Å². The third kappa shape index (κ3) is 5.54. The Hall–Kier alpha value is -7.17. The molecule has 53 heavy (non-hydrogen) atoms. The first-order valence-corrected chi connectivity index (χ1v) is 17.8.